The molecule has 132 valence electrons. The Morgan fingerprint density at radius 2 is 1.73 bits per heavy atom. The van der Waals surface area contributed by atoms with Gasteiger partial charge in [-0.15, -0.1) is 0 Å². The number of rotatable bonds is 3. The van der Waals surface area contributed by atoms with E-state index in [4.69, 9.17) is 4.74 Å². The van der Waals surface area contributed by atoms with Crippen molar-refractivity contribution >= 4 is 22.5 Å². The van der Waals surface area contributed by atoms with E-state index < -0.39 is 0 Å². The summed E-state index contributed by atoms with van der Waals surface area (Å²) in [6.07, 6.45) is 1.80. The highest BCUT2D eigenvalue weighted by atomic mass is 16.5. The number of nitrogens with zero attached hydrogens (tertiary/aromatic N) is 3. The van der Waals surface area contributed by atoms with Gasteiger partial charge in [-0.05, 0) is 47.2 Å². The maximum Gasteiger partial charge on any atom is 0.253 e. The Hall–Kier alpha value is -3.08. The molecule has 3 aromatic rings. The second-order valence-corrected chi connectivity index (χ2v) is 6.40. The number of hydrogen-bond donors (Lipinski definition) is 0. The number of benzene rings is 2. The van der Waals surface area contributed by atoms with Gasteiger partial charge < -0.3 is 14.5 Å². The average molecular weight is 347 g/mol. The summed E-state index contributed by atoms with van der Waals surface area (Å²) in [6, 6.07) is 17.6. The van der Waals surface area contributed by atoms with Gasteiger partial charge in [0.1, 0.15) is 11.6 Å². The molecule has 0 bridgehead atoms. The molecule has 0 unspecified atom stereocenters. The van der Waals surface area contributed by atoms with Crippen LogP contribution in [0.3, 0.4) is 0 Å². The minimum absolute atomic E-state index is 0.0865. The van der Waals surface area contributed by atoms with Crippen LogP contribution in [0.15, 0.2) is 60.8 Å². The fourth-order valence-corrected chi connectivity index (χ4v) is 3.35. The fraction of sp³-hybridized carbons (Fsp3) is 0.238. The normalized spacial score (nSPS) is 14.5. The zero-order chi connectivity index (χ0) is 17.9. The summed E-state index contributed by atoms with van der Waals surface area (Å²) in [5, 5.41) is 2.12. The third-order valence-electron chi connectivity index (χ3n) is 4.83. The summed E-state index contributed by atoms with van der Waals surface area (Å²) in [6.45, 7) is 3.01. The van der Waals surface area contributed by atoms with Crippen LogP contribution in [0.1, 0.15) is 10.4 Å². The molecule has 0 N–H and O–H groups in total. The number of amides is 1. The number of ether oxygens (including phenoxy) is 1. The molecule has 0 spiro atoms. The first-order valence-electron chi connectivity index (χ1n) is 8.78. The predicted molar refractivity (Wildman–Crippen MR) is 103 cm³/mol. The quantitative estimate of drug-likeness (QED) is 0.730. The second kappa shape index (κ2) is 7.04. The molecule has 1 aliphatic heterocycles. The molecule has 5 heteroatoms. The molecule has 26 heavy (non-hydrogen) atoms. The molecule has 2 aromatic carbocycles. The van der Waals surface area contributed by atoms with Gasteiger partial charge in [-0.25, -0.2) is 4.98 Å². The van der Waals surface area contributed by atoms with Crippen LogP contribution in [0.4, 0.5) is 5.82 Å². The Balaban J connectivity index is 1.47. The second-order valence-electron chi connectivity index (χ2n) is 6.40. The van der Waals surface area contributed by atoms with E-state index in [2.05, 4.69) is 9.88 Å². The first-order chi connectivity index (χ1) is 12.7. The maximum absolute atomic E-state index is 12.9. The number of methoxy groups -OCH3 is 1. The van der Waals surface area contributed by atoms with Crippen LogP contribution in [0, 0.1) is 0 Å². The monoisotopic (exact) mass is 347 g/mol. The van der Waals surface area contributed by atoms with Crippen LogP contribution in [0.25, 0.3) is 10.8 Å². The molecule has 4 rings (SSSR count). The zero-order valence-corrected chi connectivity index (χ0v) is 14.8. The minimum atomic E-state index is 0.0865. The number of anilines is 1. The van der Waals surface area contributed by atoms with E-state index in [1.807, 2.05) is 59.5 Å². The van der Waals surface area contributed by atoms with E-state index >= 15 is 0 Å². The van der Waals surface area contributed by atoms with E-state index in [1.165, 1.54) is 0 Å². The van der Waals surface area contributed by atoms with Crippen LogP contribution in [0.5, 0.6) is 5.75 Å². The van der Waals surface area contributed by atoms with Crippen molar-refractivity contribution in [3.63, 3.8) is 0 Å². The summed E-state index contributed by atoms with van der Waals surface area (Å²) in [4.78, 5) is 21.4. The molecule has 5 nitrogen and oxygen atoms in total. The molecular formula is C21H21N3O2. The lowest BCUT2D eigenvalue weighted by Crippen LogP contribution is -2.49. The molecule has 1 fully saturated rings. The number of piperazine rings is 1. The Bertz CT molecular complexity index is 919. The predicted octanol–water partition coefficient (Wildman–Crippen LogP) is 3.21. The SMILES string of the molecule is COc1ccc2cc(C(=O)N3CCN(c4ccccn4)CC3)ccc2c1. The number of pyridine rings is 1. The van der Waals surface area contributed by atoms with Gasteiger partial charge in [0.25, 0.3) is 5.91 Å². The van der Waals surface area contributed by atoms with Gasteiger partial charge in [-0.3, -0.25) is 4.79 Å². The van der Waals surface area contributed by atoms with Crippen LogP contribution in [-0.4, -0.2) is 49.1 Å². The Labute approximate surface area is 152 Å². The first-order valence-corrected chi connectivity index (χ1v) is 8.78. The minimum Gasteiger partial charge on any atom is -0.497 e. The van der Waals surface area contributed by atoms with Crippen molar-refractivity contribution < 1.29 is 9.53 Å². The highest BCUT2D eigenvalue weighted by Gasteiger charge is 2.22. The third kappa shape index (κ3) is 3.20. The van der Waals surface area contributed by atoms with Crippen LogP contribution in [-0.2, 0) is 0 Å². The standard InChI is InChI=1S/C21H21N3O2/c1-26-19-8-7-16-14-18(6-5-17(16)15-19)21(25)24-12-10-23(11-13-24)20-4-2-3-9-22-20/h2-9,14-15H,10-13H2,1H3. The summed E-state index contributed by atoms with van der Waals surface area (Å²) in [7, 11) is 1.66. The van der Waals surface area contributed by atoms with E-state index in [1.54, 1.807) is 13.3 Å². The highest BCUT2D eigenvalue weighted by molar-refractivity contribution is 5.99. The average Bonchev–Trinajstić information content (AvgIpc) is 2.73. The number of carbonyl (C=O) groups excluding carboxylic acids is 1. The van der Waals surface area contributed by atoms with Gasteiger partial charge in [-0.2, -0.15) is 0 Å². The smallest absolute Gasteiger partial charge is 0.253 e. The van der Waals surface area contributed by atoms with Crippen LogP contribution < -0.4 is 9.64 Å². The summed E-state index contributed by atoms with van der Waals surface area (Å²) in [5.74, 6) is 1.88. The number of fused-ring (bicyclic) bond motifs is 1. The van der Waals surface area contributed by atoms with Crippen molar-refractivity contribution in [1.82, 2.24) is 9.88 Å². The van der Waals surface area contributed by atoms with Crippen molar-refractivity contribution in [2.24, 2.45) is 0 Å². The largest absolute Gasteiger partial charge is 0.497 e. The van der Waals surface area contributed by atoms with Crippen LogP contribution >= 0.6 is 0 Å². The molecule has 0 atom stereocenters. The third-order valence-corrected chi connectivity index (χ3v) is 4.83. The zero-order valence-electron chi connectivity index (χ0n) is 14.8. The highest BCUT2D eigenvalue weighted by Crippen LogP contribution is 2.23. The molecule has 1 saturated heterocycles. The molecular weight excluding hydrogens is 326 g/mol. The summed E-state index contributed by atoms with van der Waals surface area (Å²) in [5.41, 5.74) is 0.731. The topological polar surface area (TPSA) is 45.7 Å². The molecule has 1 aliphatic rings. The van der Waals surface area contributed by atoms with E-state index in [0.29, 0.717) is 13.1 Å². The lowest BCUT2D eigenvalue weighted by Gasteiger charge is -2.35. The summed E-state index contributed by atoms with van der Waals surface area (Å²) < 4.78 is 5.26. The van der Waals surface area contributed by atoms with Crippen molar-refractivity contribution in [1.29, 1.82) is 0 Å². The number of hydrogen-bond acceptors (Lipinski definition) is 4. The van der Waals surface area contributed by atoms with Gasteiger partial charge in [0, 0.05) is 37.9 Å². The Kier molecular flexibility index (Phi) is 4.44. The van der Waals surface area contributed by atoms with Gasteiger partial charge in [0.05, 0.1) is 7.11 Å². The number of aromatic nitrogens is 1. The molecule has 1 aromatic heterocycles. The van der Waals surface area contributed by atoms with Crippen molar-refractivity contribution in [3.8, 4) is 5.75 Å². The Morgan fingerprint density at radius 1 is 0.962 bits per heavy atom. The Morgan fingerprint density at radius 3 is 2.46 bits per heavy atom. The van der Waals surface area contributed by atoms with Gasteiger partial charge in [0.2, 0.25) is 0 Å². The molecule has 0 aliphatic carbocycles. The van der Waals surface area contributed by atoms with Crippen molar-refractivity contribution in [2.75, 3.05) is 38.2 Å². The summed E-state index contributed by atoms with van der Waals surface area (Å²) >= 11 is 0. The van der Waals surface area contributed by atoms with E-state index in [0.717, 1.165) is 41.0 Å². The fourth-order valence-electron chi connectivity index (χ4n) is 3.35. The van der Waals surface area contributed by atoms with E-state index in [9.17, 15) is 4.79 Å². The van der Waals surface area contributed by atoms with E-state index in [-0.39, 0.29) is 5.91 Å². The van der Waals surface area contributed by atoms with Gasteiger partial charge in [0.15, 0.2) is 0 Å². The number of carbonyl (C=O) groups is 1. The van der Waals surface area contributed by atoms with Gasteiger partial charge in [-0.1, -0.05) is 18.2 Å². The van der Waals surface area contributed by atoms with Crippen molar-refractivity contribution in [3.05, 3.63) is 66.4 Å². The molecule has 0 saturated carbocycles. The molecule has 2 heterocycles. The molecule has 1 amide bonds. The molecule has 0 radical (unpaired) electrons. The van der Waals surface area contributed by atoms with Crippen molar-refractivity contribution in [2.45, 2.75) is 0 Å². The maximum atomic E-state index is 12.9. The van der Waals surface area contributed by atoms with Gasteiger partial charge >= 0.3 is 0 Å². The lowest BCUT2D eigenvalue weighted by atomic mass is 10.1. The lowest BCUT2D eigenvalue weighted by molar-refractivity contribution is 0.0746. The first kappa shape index (κ1) is 16.4. The van der Waals surface area contributed by atoms with Crippen LogP contribution in [0.2, 0.25) is 0 Å².